The molecule has 0 bridgehead atoms. The smallest absolute Gasteiger partial charge is 0.351 e. The second-order valence-corrected chi connectivity index (χ2v) is 8.05. The third kappa shape index (κ3) is 5.61. The van der Waals surface area contributed by atoms with Gasteiger partial charge >= 0.3 is 6.18 Å². The largest absolute Gasteiger partial charge is 0.416 e. The van der Waals surface area contributed by atoms with Crippen LogP contribution in [-0.4, -0.2) is 26.4 Å². The Morgan fingerprint density at radius 1 is 0.909 bits per heavy atom. The molecule has 0 unspecified atom stereocenters. The number of amides is 1. The number of hydrogen-bond donors (Lipinski definition) is 1. The van der Waals surface area contributed by atoms with Crippen LogP contribution in [-0.2, 0) is 17.5 Å². The molecule has 0 aliphatic heterocycles. The van der Waals surface area contributed by atoms with Crippen LogP contribution in [0.3, 0.4) is 0 Å². The summed E-state index contributed by atoms with van der Waals surface area (Å²) in [5.74, 6) is 0.369. The zero-order valence-electron chi connectivity index (χ0n) is 17.3. The van der Waals surface area contributed by atoms with Gasteiger partial charge in [-0.3, -0.25) is 9.36 Å². The van der Waals surface area contributed by atoms with Crippen molar-refractivity contribution in [2.24, 2.45) is 0 Å². The summed E-state index contributed by atoms with van der Waals surface area (Å²) in [5.41, 5.74) is 1.37. The van der Waals surface area contributed by atoms with E-state index in [0.717, 1.165) is 23.4 Å². The van der Waals surface area contributed by atoms with Crippen molar-refractivity contribution in [2.45, 2.75) is 17.9 Å². The van der Waals surface area contributed by atoms with Gasteiger partial charge < -0.3 is 5.32 Å². The number of aromatic nitrogens is 3. The maximum absolute atomic E-state index is 12.9. The molecular formula is C24H19F3N4OS. The quantitative estimate of drug-likeness (QED) is 0.371. The molecule has 0 atom stereocenters. The molecule has 4 rings (SSSR count). The van der Waals surface area contributed by atoms with Gasteiger partial charge in [0.25, 0.3) is 0 Å². The monoisotopic (exact) mass is 468 g/mol. The molecule has 1 heterocycles. The lowest BCUT2D eigenvalue weighted by molar-refractivity contribution is -0.137. The fraction of sp³-hybridized carbons (Fsp3) is 0.125. The van der Waals surface area contributed by atoms with Crippen molar-refractivity contribution in [3.63, 3.8) is 0 Å². The highest BCUT2D eigenvalue weighted by atomic mass is 32.2. The average molecular weight is 469 g/mol. The second kappa shape index (κ2) is 9.91. The molecule has 168 valence electrons. The predicted octanol–water partition coefficient (Wildman–Crippen LogP) is 5.36. The molecule has 0 aliphatic rings. The van der Waals surface area contributed by atoms with Gasteiger partial charge in [0.2, 0.25) is 5.91 Å². The molecule has 5 nitrogen and oxygen atoms in total. The highest BCUT2D eigenvalue weighted by Gasteiger charge is 2.30. The minimum atomic E-state index is -4.42. The van der Waals surface area contributed by atoms with Crippen molar-refractivity contribution < 1.29 is 18.0 Å². The third-order valence-electron chi connectivity index (χ3n) is 4.76. The fourth-order valence-electron chi connectivity index (χ4n) is 3.19. The van der Waals surface area contributed by atoms with Gasteiger partial charge in [0, 0.05) is 17.8 Å². The molecule has 0 radical (unpaired) electrons. The highest BCUT2D eigenvalue weighted by molar-refractivity contribution is 7.99. The van der Waals surface area contributed by atoms with Crippen LogP contribution in [0.5, 0.6) is 0 Å². The van der Waals surface area contributed by atoms with Gasteiger partial charge in [-0.1, -0.05) is 72.4 Å². The number of alkyl halides is 3. The molecule has 1 N–H and O–H groups in total. The van der Waals surface area contributed by atoms with Crippen LogP contribution < -0.4 is 5.32 Å². The summed E-state index contributed by atoms with van der Waals surface area (Å²) in [7, 11) is 0. The molecule has 33 heavy (non-hydrogen) atoms. The van der Waals surface area contributed by atoms with Gasteiger partial charge in [-0.2, -0.15) is 13.2 Å². The van der Waals surface area contributed by atoms with E-state index in [4.69, 9.17) is 0 Å². The predicted molar refractivity (Wildman–Crippen MR) is 121 cm³/mol. The molecule has 3 aromatic carbocycles. The Kier molecular flexibility index (Phi) is 6.79. The van der Waals surface area contributed by atoms with Crippen LogP contribution in [0.1, 0.15) is 11.1 Å². The van der Waals surface area contributed by atoms with Crippen LogP contribution in [0, 0.1) is 0 Å². The van der Waals surface area contributed by atoms with Crippen LogP contribution in [0.25, 0.3) is 17.1 Å². The number of nitrogens with one attached hydrogen (secondary N) is 1. The van der Waals surface area contributed by atoms with Crippen molar-refractivity contribution in [2.75, 3.05) is 5.75 Å². The summed E-state index contributed by atoms with van der Waals surface area (Å²) < 4.78 is 40.5. The first-order valence-corrected chi connectivity index (χ1v) is 11.0. The van der Waals surface area contributed by atoms with E-state index >= 15 is 0 Å². The Bertz CT molecular complexity index is 1230. The number of carbonyl (C=O) groups excluding carboxylic acids is 1. The molecular weight excluding hydrogens is 449 g/mol. The summed E-state index contributed by atoms with van der Waals surface area (Å²) >= 11 is 1.21. The number of para-hydroxylation sites is 1. The molecule has 0 aliphatic carbocycles. The highest BCUT2D eigenvalue weighted by Crippen LogP contribution is 2.30. The standard InChI is InChI=1S/C24H19F3N4OS/c25-24(26,27)19-11-7-8-17(14-19)15-28-21(32)16-33-23-30-29-22(18-9-3-1-4-10-18)31(23)20-12-5-2-6-13-20/h1-14H,15-16H2,(H,28,32). The Labute approximate surface area is 192 Å². The summed E-state index contributed by atoms with van der Waals surface area (Å²) in [6.45, 7) is 0.00392. The molecule has 4 aromatic rings. The summed E-state index contributed by atoms with van der Waals surface area (Å²) in [6.07, 6.45) is -4.42. The summed E-state index contributed by atoms with van der Waals surface area (Å²) in [4.78, 5) is 12.4. The van der Waals surface area contributed by atoms with E-state index in [1.165, 1.54) is 17.8 Å². The van der Waals surface area contributed by atoms with Gasteiger partial charge in [0.1, 0.15) is 0 Å². The van der Waals surface area contributed by atoms with E-state index in [1.54, 1.807) is 6.07 Å². The summed E-state index contributed by atoms with van der Waals surface area (Å²) in [6, 6.07) is 24.1. The number of benzene rings is 3. The Hall–Kier alpha value is -3.59. The van der Waals surface area contributed by atoms with E-state index < -0.39 is 11.7 Å². The second-order valence-electron chi connectivity index (χ2n) is 7.11. The zero-order chi connectivity index (χ0) is 23.3. The topological polar surface area (TPSA) is 59.8 Å². The van der Waals surface area contributed by atoms with E-state index in [2.05, 4.69) is 15.5 Å². The van der Waals surface area contributed by atoms with E-state index in [9.17, 15) is 18.0 Å². The number of carbonyl (C=O) groups is 1. The summed E-state index contributed by atoms with van der Waals surface area (Å²) in [5, 5.41) is 11.8. The SMILES string of the molecule is O=C(CSc1nnc(-c2ccccc2)n1-c1ccccc1)NCc1cccc(C(F)(F)F)c1. The van der Waals surface area contributed by atoms with Crippen molar-refractivity contribution in [1.29, 1.82) is 0 Å². The Morgan fingerprint density at radius 2 is 1.61 bits per heavy atom. The first kappa shape index (κ1) is 22.6. The van der Waals surface area contributed by atoms with Gasteiger partial charge in [0.15, 0.2) is 11.0 Å². The maximum atomic E-state index is 12.9. The van der Waals surface area contributed by atoms with Crippen molar-refractivity contribution in [3.05, 3.63) is 96.1 Å². The fourth-order valence-corrected chi connectivity index (χ4v) is 3.97. The lowest BCUT2D eigenvalue weighted by Crippen LogP contribution is -2.25. The number of hydrogen-bond acceptors (Lipinski definition) is 4. The zero-order valence-corrected chi connectivity index (χ0v) is 18.1. The lowest BCUT2D eigenvalue weighted by Gasteiger charge is -2.11. The Balaban J connectivity index is 1.46. The van der Waals surface area contributed by atoms with Crippen molar-refractivity contribution in [3.8, 4) is 17.1 Å². The van der Waals surface area contributed by atoms with Gasteiger partial charge in [-0.05, 0) is 29.8 Å². The van der Waals surface area contributed by atoms with Crippen LogP contribution in [0.2, 0.25) is 0 Å². The minimum Gasteiger partial charge on any atom is -0.351 e. The van der Waals surface area contributed by atoms with Crippen molar-refractivity contribution in [1.82, 2.24) is 20.1 Å². The third-order valence-corrected chi connectivity index (χ3v) is 5.69. The van der Waals surface area contributed by atoms with E-state index in [0.29, 0.717) is 16.5 Å². The first-order chi connectivity index (χ1) is 15.9. The van der Waals surface area contributed by atoms with Crippen LogP contribution in [0.4, 0.5) is 13.2 Å². The van der Waals surface area contributed by atoms with Crippen molar-refractivity contribution >= 4 is 17.7 Å². The average Bonchev–Trinajstić information content (AvgIpc) is 3.26. The molecule has 0 spiro atoms. The lowest BCUT2D eigenvalue weighted by atomic mass is 10.1. The number of thioether (sulfide) groups is 1. The van der Waals surface area contributed by atoms with Gasteiger partial charge in [-0.25, -0.2) is 0 Å². The van der Waals surface area contributed by atoms with Crippen LogP contribution >= 0.6 is 11.8 Å². The maximum Gasteiger partial charge on any atom is 0.416 e. The Morgan fingerprint density at radius 3 is 2.30 bits per heavy atom. The van der Waals surface area contributed by atoms with Crippen LogP contribution in [0.15, 0.2) is 90.1 Å². The minimum absolute atomic E-state index is 0.00392. The molecule has 1 amide bonds. The molecule has 0 saturated carbocycles. The van der Waals surface area contributed by atoms with Gasteiger partial charge in [0.05, 0.1) is 11.3 Å². The molecule has 0 saturated heterocycles. The molecule has 1 aromatic heterocycles. The normalized spacial score (nSPS) is 11.4. The number of halogens is 3. The molecule has 9 heteroatoms. The number of nitrogens with zero attached hydrogens (tertiary/aromatic N) is 3. The van der Waals surface area contributed by atoms with Gasteiger partial charge in [-0.15, -0.1) is 10.2 Å². The van der Waals surface area contributed by atoms with E-state index in [-0.39, 0.29) is 18.2 Å². The molecule has 0 fully saturated rings. The van der Waals surface area contributed by atoms with E-state index in [1.807, 2.05) is 65.2 Å². The number of rotatable bonds is 7. The first-order valence-electron chi connectivity index (χ1n) is 10.0.